The highest BCUT2D eigenvalue weighted by molar-refractivity contribution is 9.10. The van der Waals surface area contributed by atoms with Crippen LogP contribution < -0.4 is 10.4 Å². The second-order valence-electron chi connectivity index (χ2n) is 7.82. The Labute approximate surface area is 203 Å². The maximum Gasteiger partial charge on any atom is 0.202 e. The molecular weight excluding hydrogens is 531 g/mol. The van der Waals surface area contributed by atoms with Gasteiger partial charge in [0, 0.05) is 26.2 Å². The van der Waals surface area contributed by atoms with Crippen LogP contribution in [0.25, 0.3) is 0 Å². The van der Waals surface area contributed by atoms with Gasteiger partial charge in [0.25, 0.3) is 0 Å². The summed E-state index contributed by atoms with van der Waals surface area (Å²) in [6, 6.07) is 11.6. The van der Waals surface area contributed by atoms with Gasteiger partial charge in [0.2, 0.25) is 5.82 Å². The van der Waals surface area contributed by atoms with Crippen molar-refractivity contribution in [1.82, 2.24) is 15.2 Å². The zero-order valence-electron chi connectivity index (χ0n) is 17.9. The molecule has 3 N–H and O–H groups in total. The molecule has 13 heteroatoms. The monoisotopic (exact) mass is 552 g/mol. The van der Waals surface area contributed by atoms with Crippen LogP contribution in [0.5, 0.6) is 0 Å². The fourth-order valence-electron chi connectivity index (χ4n) is 3.42. The van der Waals surface area contributed by atoms with Gasteiger partial charge in [-0.05, 0) is 55.6 Å². The minimum Gasteiger partial charge on any atom is -0.361 e. The number of amidine groups is 1. The van der Waals surface area contributed by atoms with Crippen molar-refractivity contribution in [3.8, 4) is 0 Å². The number of hydroxylamine groups is 1. The van der Waals surface area contributed by atoms with Crippen LogP contribution in [0, 0.1) is 11.2 Å². The van der Waals surface area contributed by atoms with Crippen LogP contribution in [-0.2, 0) is 22.9 Å². The van der Waals surface area contributed by atoms with E-state index in [0.717, 1.165) is 17.2 Å². The molecule has 4 rings (SSSR count). The Balaban J connectivity index is 1.35. The fraction of sp³-hybridized carbons (Fsp3) is 0.286. The van der Waals surface area contributed by atoms with Gasteiger partial charge >= 0.3 is 0 Å². The van der Waals surface area contributed by atoms with Gasteiger partial charge in [0.05, 0.1) is 21.7 Å². The summed E-state index contributed by atoms with van der Waals surface area (Å²) in [7, 11) is -2.90. The van der Waals surface area contributed by atoms with E-state index in [4.69, 9.17) is 10.0 Å². The minimum atomic E-state index is -2.90. The first-order valence-electron chi connectivity index (χ1n) is 10.3. The highest BCUT2D eigenvalue weighted by atomic mass is 79.9. The molecule has 1 fully saturated rings. The van der Waals surface area contributed by atoms with Gasteiger partial charge in [0.15, 0.2) is 21.4 Å². The number of hydrogen-bond acceptors (Lipinski definition) is 9. The van der Waals surface area contributed by atoms with E-state index in [2.05, 4.69) is 36.5 Å². The number of aromatic nitrogens is 2. The van der Waals surface area contributed by atoms with Crippen LogP contribution in [0.4, 0.5) is 15.9 Å². The van der Waals surface area contributed by atoms with Crippen LogP contribution in [0.15, 0.2) is 51.6 Å². The Morgan fingerprint density at radius 3 is 2.53 bits per heavy atom. The molecule has 0 bridgehead atoms. The predicted molar refractivity (Wildman–Crippen MR) is 127 cm³/mol. The first-order chi connectivity index (χ1) is 16.2. The Morgan fingerprint density at radius 2 is 1.85 bits per heavy atom. The summed E-state index contributed by atoms with van der Waals surface area (Å²) in [6.45, 7) is 2.13. The molecule has 1 aliphatic heterocycles. The number of rotatable bonds is 7. The summed E-state index contributed by atoms with van der Waals surface area (Å²) < 4.78 is 41.5. The average Bonchev–Trinajstić information content (AvgIpc) is 3.29. The molecule has 0 atom stereocenters. The zero-order valence-corrected chi connectivity index (χ0v) is 20.3. The van der Waals surface area contributed by atoms with Crippen molar-refractivity contribution >= 4 is 43.1 Å². The summed E-state index contributed by atoms with van der Waals surface area (Å²) in [5.74, 6) is -0.335. The number of benzene rings is 2. The summed E-state index contributed by atoms with van der Waals surface area (Å²) >= 11 is 3.05. The van der Waals surface area contributed by atoms with Crippen molar-refractivity contribution in [3.05, 3.63) is 69.6 Å². The first kappa shape index (κ1) is 24.3. The van der Waals surface area contributed by atoms with Gasteiger partial charge in [-0.2, -0.15) is 0 Å². The van der Waals surface area contributed by atoms with E-state index >= 15 is 0 Å². The van der Waals surface area contributed by atoms with E-state index in [0.29, 0.717) is 31.2 Å². The molecule has 10 nitrogen and oxygen atoms in total. The minimum absolute atomic E-state index is 0.0142. The van der Waals surface area contributed by atoms with Gasteiger partial charge in [0.1, 0.15) is 5.82 Å². The standard InChI is InChI=1S/C21H22BrFN6O4S/c22-17-11-16(5-6-18(17)23)29(30)20(24)19-21(27-33-26-19)25-12-14-1-3-15(4-2-14)13-28-7-9-34(31,32)10-8-28/h1-6,11,24,30H,7-10,12-13H2,(H,25,27). The van der Waals surface area contributed by atoms with E-state index < -0.39 is 21.5 Å². The molecule has 0 saturated carbocycles. The van der Waals surface area contributed by atoms with Gasteiger partial charge in [-0.25, -0.2) is 22.5 Å². The summed E-state index contributed by atoms with van der Waals surface area (Å²) in [4.78, 5) is 2.12. The van der Waals surface area contributed by atoms with E-state index in [-0.39, 0.29) is 33.2 Å². The topological polar surface area (TPSA) is 136 Å². The van der Waals surface area contributed by atoms with Crippen molar-refractivity contribution in [2.75, 3.05) is 35.0 Å². The van der Waals surface area contributed by atoms with Crippen LogP contribution in [-0.4, -0.2) is 59.3 Å². The highest BCUT2D eigenvalue weighted by Gasteiger charge is 2.23. The van der Waals surface area contributed by atoms with E-state index in [9.17, 15) is 18.0 Å². The fourth-order valence-corrected chi connectivity index (χ4v) is 5.06. The normalized spacial score (nSPS) is 15.7. The summed E-state index contributed by atoms with van der Waals surface area (Å²) in [6.07, 6.45) is 0. The number of anilines is 2. The van der Waals surface area contributed by atoms with Crippen molar-refractivity contribution in [2.45, 2.75) is 13.1 Å². The maximum absolute atomic E-state index is 13.5. The van der Waals surface area contributed by atoms with Crippen LogP contribution in [0.2, 0.25) is 0 Å². The molecule has 1 aromatic heterocycles. The number of nitrogens with one attached hydrogen (secondary N) is 2. The molecular formula is C21H22BrFN6O4S. The van der Waals surface area contributed by atoms with Gasteiger partial charge in [-0.3, -0.25) is 15.5 Å². The van der Waals surface area contributed by atoms with Crippen molar-refractivity contribution in [2.24, 2.45) is 0 Å². The van der Waals surface area contributed by atoms with Crippen molar-refractivity contribution < 1.29 is 22.6 Å². The molecule has 0 unspecified atom stereocenters. The molecule has 34 heavy (non-hydrogen) atoms. The molecule has 0 spiro atoms. The Bertz CT molecular complexity index is 1270. The Hall–Kier alpha value is -2.87. The number of sulfone groups is 1. The van der Waals surface area contributed by atoms with Crippen molar-refractivity contribution in [1.29, 1.82) is 5.41 Å². The lowest BCUT2D eigenvalue weighted by molar-refractivity contribution is 0.287. The number of halogens is 2. The van der Waals surface area contributed by atoms with Crippen LogP contribution in [0.1, 0.15) is 16.8 Å². The molecule has 180 valence electrons. The van der Waals surface area contributed by atoms with Gasteiger partial charge < -0.3 is 5.32 Å². The van der Waals surface area contributed by atoms with Crippen LogP contribution in [0.3, 0.4) is 0 Å². The van der Waals surface area contributed by atoms with Gasteiger partial charge in [-0.1, -0.05) is 24.3 Å². The first-order valence-corrected chi connectivity index (χ1v) is 12.9. The number of hydrogen-bond donors (Lipinski definition) is 3. The second kappa shape index (κ2) is 10.2. The van der Waals surface area contributed by atoms with Gasteiger partial charge in [-0.15, -0.1) is 0 Å². The third-order valence-electron chi connectivity index (χ3n) is 5.40. The lowest BCUT2D eigenvalue weighted by atomic mass is 10.1. The van der Waals surface area contributed by atoms with E-state index in [1.165, 1.54) is 12.1 Å². The van der Waals surface area contributed by atoms with E-state index in [1.807, 2.05) is 24.3 Å². The summed E-state index contributed by atoms with van der Waals surface area (Å²) in [5, 5.41) is 29.7. The van der Waals surface area contributed by atoms with Crippen LogP contribution >= 0.6 is 15.9 Å². The highest BCUT2D eigenvalue weighted by Crippen LogP contribution is 2.24. The predicted octanol–water partition coefficient (Wildman–Crippen LogP) is 3.03. The molecule has 3 aromatic rings. The lowest BCUT2D eigenvalue weighted by Gasteiger charge is -2.26. The molecule has 0 aliphatic carbocycles. The molecule has 0 radical (unpaired) electrons. The smallest absolute Gasteiger partial charge is 0.202 e. The third-order valence-corrected chi connectivity index (χ3v) is 7.62. The molecule has 0 amide bonds. The quantitative estimate of drug-likeness (QED) is 0.229. The zero-order chi connectivity index (χ0) is 24.3. The maximum atomic E-state index is 13.5. The lowest BCUT2D eigenvalue weighted by Crippen LogP contribution is -2.39. The Kier molecular flexibility index (Phi) is 7.26. The van der Waals surface area contributed by atoms with Crippen molar-refractivity contribution in [3.63, 3.8) is 0 Å². The average molecular weight is 553 g/mol. The second-order valence-corrected chi connectivity index (χ2v) is 11.0. The molecule has 1 aliphatic rings. The summed E-state index contributed by atoms with van der Waals surface area (Å²) in [5.41, 5.74) is 2.16. The third kappa shape index (κ3) is 5.78. The van der Waals surface area contributed by atoms with E-state index in [1.54, 1.807) is 0 Å². The molecule has 2 aromatic carbocycles. The Morgan fingerprint density at radius 1 is 1.18 bits per heavy atom. The SMILES string of the molecule is N=C(c1nonc1NCc1ccc(CN2CCS(=O)(=O)CC2)cc1)N(O)c1ccc(F)c(Br)c1. The largest absolute Gasteiger partial charge is 0.361 e. The molecule has 2 heterocycles. The number of nitrogens with zero attached hydrogens (tertiary/aromatic N) is 4. The molecule has 1 saturated heterocycles.